The van der Waals surface area contributed by atoms with Gasteiger partial charge in [0.25, 0.3) is 0 Å². The number of nitrogens with zero attached hydrogens (tertiary/aromatic N) is 1. The van der Waals surface area contributed by atoms with Crippen molar-refractivity contribution in [3.8, 4) is 0 Å². The van der Waals surface area contributed by atoms with Gasteiger partial charge in [0, 0.05) is 24.7 Å². The van der Waals surface area contributed by atoms with Gasteiger partial charge in [-0.25, -0.2) is 4.99 Å². The van der Waals surface area contributed by atoms with Crippen LogP contribution in [0.15, 0.2) is 59.6 Å². The second-order valence-electron chi connectivity index (χ2n) is 7.18. The van der Waals surface area contributed by atoms with E-state index in [-0.39, 0.29) is 35.8 Å². The van der Waals surface area contributed by atoms with Crippen LogP contribution in [-0.4, -0.2) is 30.1 Å². The van der Waals surface area contributed by atoms with Crippen molar-refractivity contribution in [2.45, 2.75) is 39.8 Å². The summed E-state index contributed by atoms with van der Waals surface area (Å²) in [6, 6.07) is 17.4. The van der Waals surface area contributed by atoms with Gasteiger partial charge in [-0.1, -0.05) is 56.3 Å². The lowest BCUT2D eigenvalue weighted by Crippen LogP contribution is -2.38. The molecule has 0 radical (unpaired) electrons. The number of halogens is 1. The minimum atomic E-state index is -0.500. The van der Waals surface area contributed by atoms with E-state index >= 15 is 0 Å². The molecular weight excluding hydrogens is 491 g/mol. The summed E-state index contributed by atoms with van der Waals surface area (Å²) in [6.45, 7) is 7.64. The Hall–Kier alpha value is -2.13. The number of amides is 1. The third kappa shape index (κ3) is 9.13. The zero-order chi connectivity index (χ0) is 21.1. The molecule has 0 fully saturated rings. The summed E-state index contributed by atoms with van der Waals surface area (Å²) in [4.78, 5) is 16.4. The molecule has 2 aromatic carbocycles. The molecule has 0 heterocycles. The fraction of sp³-hybridized carbons (Fsp3) is 0.391. The fourth-order valence-electron chi connectivity index (χ4n) is 2.66. The minimum absolute atomic E-state index is 0. The standard InChI is InChI=1S/C23H32N4O2.HI/c1-4-24-23(25-15-14-21(28)19-8-6-5-7-9-19)26-16-18-10-12-20(13-11-18)27-22(29)17(2)3;/h5-13,17,21,28H,4,14-16H2,1-3H3,(H,27,29)(H2,24,25,26);1H. The summed E-state index contributed by atoms with van der Waals surface area (Å²) < 4.78 is 0. The Morgan fingerprint density at radius 2 is 1.70 bits per heavy atom. The maximum absolute atomic E-state index is 11.8. The molecule has 0 saturated heterocycles. The maximum atomic E-state index is 11.8. The Labute approximate surface area is 196 Å². The predicted molar refractivity (Wildman–Crippen MR) is 134 cm³/mol. The van der Waals surface area contributed by atoms with Gasteiger partial charge in [-0.2, -0.15) is 0 Å². The highest BCUT2D eigenvalue weighted by molar-refractivity contribution is 14.0. The molecule has 2 aromatic rings. The summed E-state index contributed by atoms with van der Waals surface area (Å²) in [6.07, 6.45) is 0.0961. The number of anilines is 1. The average molecular weight is 524 g/mol. The molecule has 1 atom stereocenters. The van der Waals surface area contributed by atoms with Crippen LogP contribution < -0.4 is 16.0 Å². The Balaban J connectivity index is 0.00000450. The van der Waals surface area contributed by atoms with E-state index in [0.717, 1.165) is 23.4 Å². The lowest BCUT2D eigenvalue weighted by Gasteiger charge is -2.14. The van der Waals surface area contributed by atoms with Gasteiger partial charge >= 0.3 is 0 Å². The molecule has 0 bridgehead atoms. The van der Waals surface area contributed by atoms with Gasteiger partial charge in [0.05, 0.1) is 12.6 Å². The van der Waals surface area contributed by atoms with Crippen molar-refractivity contribution in [1.29, 1.82) is 0 Å². The maximum Gasteiger partial charge on any atom is 0.226 e. The number of carbonyl (C=O) groups excluding carboxylic acids is 1. The van der Waals surface area contributed by atoms with Gasteiger partial charge in [-0.3, -0.25) is 4.79 Å². The van der Waals surface area contributed by atoms with Crippen LogP contribution in [0.2, 0.25) is 0 Å². The number of hydrogen-bond acceptors (Lipinski definition) is 3. The SMILES string of the molecule is CCNC(=NCc1ccc(NC(=O)C(C)C)cc1)NCCC(O)c1ccccc1.I. The Morgan fingerprint density at radius 1 is 1.03 bits per heavy atom. The zero-order valence-corrected chi connectivity index (χ0v) is 20.2. The molecule has 2 rings (SSSR count). The number of benzene rings is 2. The van der Waals surface area contributed by atoms with E-state index in [1.54, 1.807) is 0 Å². The molecule has 4 N–H and O–H groups in total. The first-order valence-electron chi connectivity index (χ1n) is 10.1. The molecular formula is C23H33IN4O2. The molecule has 0 saturated carbocycles. The monoisotopic (exact) mass is 524 g/mol. The molecule has 164 valence electrons. The first-order chi connectivity index (χ1) is 14.0. The number of nitrogens with one attached hydrogen (secondary N) is 3. The van der Waals surface area contributed by atoms with Crippen LogP contribution >= 0.6 is 24.0 Å². The highest BCUT2D eigenvalue weighted by Gasteiger charge is 2.08. The number of hydrogen-bond donors (Lipinski definition) is 4. The summed E-state index contributed by atoms with van der Waals surface area (Å²) in [7, 11) is 0. The fourth-order valence-corrected chi connectivity index (χ4v) is 2.66. The van der Waals surface area contributed by atoms with Crippen molar-refractivity contribution in [3.63, 3.8) is 0 Å². The molecule has 0 aliphatic carbocycles. The molecule has 0 aliphatic rings. The van der Waals surface area contributed by atoms with E-state index in [2.05, 4.69) is 20.9 Å². The van der Waals surface area contributed by atoms with Gasteiger partial charge in [0.15, 0.2) is 5.96 Å². The van der Waals surface area contributed by atoms with Crippen molar-refractivity contribution < 1.29 is 9.90 Å². The molecule has 1 amide bonds. The predicted octanol–water partition coefficient (Wildman–Crippen LogP) is 4.08. The van der Waals surface area contributed by atoms with Crippen LogP contribution in [0.3, 0.4) is 0 Å². The lowest BCUT2D eigenvalue weighted by molar-refractivity contribution is -0.118. The highest BCUT2D eigenvalue weighted by Crippen LogP contribution is 2.15. The van der Waals surface area contributed by atoms with E-state index < -0.39 is 6.10 Å². The highest BCUT2D eigenvalue weighted by atomic mass is 127. The number of carbonyl (C=O) groups is 1. The molecule has 7 heteroatoms. The quantitative estimate of drug-likeness (QED) is 0.226. The first kappa shape index (κ1) is 25.9. The molecule has 1 unspecified atom stereocenters. The van der Waals surface area contributed by atoms with Crippen molar-refractivity contribution in [2.75, 3.05) is 18.4 Å². The molecule has 0 spiro atoms. The third-order valence-electron chi connectivity index (χ3n) is 4.40. The van der Waals surface area contributed by atoms with E-state index in [1.165, 1.54) is 0 Å². The van der Waals surface area contributed by atoms with E-state index in [1.807, 2.05) is 75.4 Å². The number of rotatable bonds is 9. The number of aliphatic hydroxyl groups is 1. The Bertz CT molecular complexity index is 780. The molecule has 0 aliphatic heterocycles. The molecule has 0 aromatic heterocycles. The van der Waals surface area contributed by atoms with Crippen LogP contribution in [0.5, 0.6) is 0 Å². The van der Waals surface area contributed by atoms with E-state index in [4.69, 9.17) is 0 Å². The van der Waals surface area contributed by atoms with Crippen molar-refractivity contribution in [1.82, 2.24) is 10.6 Å². The Kier molecular flexibility index (Phi) is 12.1. The Morgan fingerprint density at radius 3 is 2.30 bits per heavy atom. The number of guanidine groups is 1. The second kappa shape index (κ2) is 14.0. The smallest absolute Gasteiger partial charge is 0.226 e. The number of aliphatic imine (C=N–C) groups is 1. The van der Waals surface area contributed by atoms with Crippen LogP contribution in [0.4, 0.5) is 5.69 Å². The third-order valence-corrected chi connectivity index (χ3v) is 4.40. The van der Waals surface area contributed by atoms with Gasteiger partial charge in [-0.15, -0.1) is 24.0 Å². The van der Waals surface area contributed by atoms with E-state index in [0.29, 0.717) is 25.5 Å². The summed E-state index contributed by atoms with van der Waals surface area (Å²) >= 11 is 0. The molecule has 30 heavy (non-hydrogen) atoms. The van der Waals surface area contributed by atoms with Gasteiger partial charge in [0.2, 0.25) is 5.91 Å². The van der Waals surface area contributed by atoms with Gasteiger partial charge < -0.3 is 21.1 Å². The largest absolute Gasteiger partial charge is 0.388 e. The van der Waals surface area contributed by atoms with Crippen LogP contribution in [0.25, 0.3) is 0 Å². The van der Waals surface area contributed by atoms with Crippen molar-refractivity contribution >= 4 is 41.5 Å². The van der Waals surface area contributed by atoms with Gasteiger partial charge in [-0.05, 0) is 36.6 Å². The summed E-state index contributed by atoms with van der Waals surface area (Å²) in [5, 5.41) is 19.6. The van der Waals surface area contributed by atoms with Crippen molar-refractivity contribution in [2.24, 2.45) is 10.9 Å². The summed E-state index contributed by atoms with van der Waals surface area (Å²) in [5.74, 6) is 0.672. The van der Waals surface area contributed by atoms with Crippen LogP contribution in [0, 0.1) is 5.92 Å². The van der Waals surface area contributed by atoms with Crippen LogP contribution in [0.1, 0.15) is 44.4 Å². The summed E-state index contributed by atoms with van der Waals surface area (Å²) in [5.41, 5.74) is 2.76. The normalized spacial score (nSPS) is 12.1. The van der Waals surface area contributed by atoms with Gasteiger partial charge in [0.1, 0.15) is 0 Å². The lowest BCUT2D eigenvalue weighted by atomic mass is 10.1. The molecule has 6 nitrogen and oxygen atoms in total. The van der Waals surface area contributed by atoms with E-state index in [9.17, 15) is 9.90 Å². The first-order valence-corrected chi connectivity index (χ1v) is 10.1. The zero-order valence-electron chi connectivity index (χ0n) is 17.9. The van der Waals surface area contributed by atoms with Crippen molar-refractivity contribution in [3.05, 3.63) is 65.7 Å². The topological polar surface area (TPSA) is 85.8 Å². The minimum Gasteiger partial charge on any atom is -0.388 e. The second-order valence-corrected chi connectivity index (χ2v) is 7.18. The number of aliphatic hydroxyl groups excluding tert-OH is 1. The average Bonchev–Trinajstić information content (AvgIpc) is 2.73. The van der Waals surface area contributed by atoms with Crippen LogP contribution in [-0.2, 0) is 11.3 Å².